The summed E-state index contributed by atoms with van der Waals surface area (Å²) in [4.78, 5) is 8.79. The Labute approximate surface area is 65.1 Å². The van der Waals surface area contributed by atoms with Crippen LogP contribution in [0.4, 0.5) is 0 Å². The molecule has 0 aromatic rings. The quantitative estimate of drug-likeness (QED) is 0.689. The minimum absolute atomic E-state index is 0.0432. The van der Waals surface area contributed by atoms with E-state index in [1.807, 2.05) is 13.8 Å². The van der Waals surface area contributed by atoms with E-state index in [0.717, 1.165) is 6.42 Å². The van der Waals surface area contributed by atoms with Crippen LogP contribution in [0.3, 0.4) is 0 Å². The Balaban J connectivity index is 3.60. The van der Waals surface area contributed by atoms with Crippen LogP contribution >= 0.6 is 17.1 Å². The van der Waals surface area contributed by atoms with Crippen molar-refractivity contribution in [3.63, 3.8) is 0 Å². The summed E-state index contributed by atoms with van der Waals surface area (Å²) in [7, 11) is 0. The zero-order chi connectivity index (χ0) is 7.49. The second-order valence-electron chi connectivity index (χ2n) is 1.78. The third-order valence-corrected chi connectivity index (χ3v) is 2.00. The molecule has 0 aliphatic heterocycles. The Kier molecular flexibility index (Phi) is 4.26. The van der Waals surface area contributed by atoms with E-state index in [1.54, 1.807) is 0 Å². The van der Waals surface area contributed by atoms with Gasteiger partial charge in [0.2, 0.25) is 0 Å². The lowest BCUT2D eigenvalue weighted by atomic mass is 10.3. The summed E-state index contributed by atoms with van der Waals surface area (Å²) in [6.45, 7) is 3.76. The molecule has 0 fully saturated rings. The first-order valence-corrected chi connectivity index (χ1v) is 6.24. The number of hydrogen-bond acceptors (Lipinski definition) is 2. The first-order chi connectivity index (χ1) is 3.95. The molecule has 0 heterocycles. The van der Waals surface area contributed by atoms with Crippen molar-refractivity contribution in [2.75, 3.05) is 0 Å². The first kappa shape index (κ1) is 9.86. The third-order valence-electron chi connectivity index (χ3n) is 0.885. The maximum absolute atomic E-state index is 8.79. The van der Waals surface area contributed by atoms with Crippen molar-refractivity contribution in [2.45, 2.75) is 26.4 Å². The number of halogens is 1. The lowest BCUT2D eigenvalue weighted by molar-refractivity contribution is 0.223. The summed E-state index contributed by atoms with van der Waals surface area (Å²) >= 11 is 9.70. The Hall–Kier alpha value is 0.860. The molecule has 0 spiro atoms. The van der Waals surface area contributed by atoms with Crippen molar-refractivity contribution < 1.29 is 9.42 Å². The van der Waals surface area contributed by atoms with E-state index in [9.17, 15) is 0 Å². The van der Waals surface area contributed by atoms with Crippen molar-refractivity contribution in [3.05, 3.63) is 0 Å². The molecular weight excluding hydrogens is 179 g/mol. The van der Waals surface area contributed by atoms with E-state index in [0.29, 0.717) is 0 Å². The lowest BCUT2D eigenvalue weighted by Crippen LogP contribution is -2.01. The molecule has 0 amide bonds. The Bertz CT molecular complexity index is 124. The Morgan fingerprint density at radius 2 is 2.33 bits per heavy atom. The van der Waals surface area contributed by atoms with Gasteiger partial charge < -0.3 is 9.42 Å². The molecule has 1 N–H and O–H groups in total. The van der Waals surface area contributed by atoms with Crippen LogP contribution in [-0.2, 0) is 16.3 Å². The SMILES string of the molecule is CCC(C)OP(O)(=S)Cl. The maximum atomic E-state index is 8.79. The minimum Gasteiger partial charge on any atom is -0.334 e. The second-order valence-corrected chi connectivity index (χ2v) is 6.35. The molecule has 9 heavy (non-hydrogen) atoms. The van der Waals surface area contributed by atoms with Crippen molar-refractivity contribution >= 4 is 28.9 Å². The van der Waals surface area contributed by atoms with Gasteiger partial charge in [0.1, 0.15) is 0 Å². The monoisotopic (exact) mass is 188 g/mol. The van der Waals surface area contributed by atoms with Crippen LogP contribution in [0.25, 0.3) is 0 Å². The van der Waals surface area contributed by atoms with Crippen LogP contribution in [0.1, 0.15) is 20.3 Å². The zero-order valence-corrected chi connectivity index (χ0v) is 7.84. The van der Waals surface area contributed by atoms with Gasteiger partial charge in [0.05, 0.1) is 6.10 Å². The Morgan fingerprint density at radius 3 is 2.44 bits per heavy atom. The molecule has 0 aromatic carbocycles. The highest BCUT2D eigenvalue weighted by Crippen LogP contribution is 2.49. The van der Waals surface area contributed by atoms with Gasteiger partial charge in [-0.2, -0.15) is 0 Å². The van der Waals surface area contributed by atoms with Crippen LogP contribution in [0.2, 0.25) is 0 Å². The molecule has 0 bridgehead atoms. The van der Waals surface area contributed by atoms with Gasteiger partial charge in [0.15, 0.2) is 0 Å². The zero-order valence-electron chi connectivity index (χ0n) is 5.37. The van der Waals surface area contributed by atoms with Crippen LogP contribution in [0.15, 0.2) is 0 Å². The van der Waals surface area contributed by atoms with Gasteiger partial charge in [-0.05, 0) is 36.4 Å². The second kappa shape index (κ2) is 3.89. The van der Waals surface area contributed by atoms with Crippen molar-refractivity contribution in [3.8, 4) is 0 Å². The summed E-state index contributed by atoms with van der Waals surface area (Å²) < 4.78 is 4.83. The van der Waals surface area contributed by atoms with Gasteiger partial charge in [0, 0.05) is 0 Å². The molecule has 0 saturated heterocycles. The van der Waals surface area contributed by atoms with Gasteiger partial charge in [-0.25, -0.2) is 0 Å². The van der Waals surface area contributed by atoms with Gasteiger partial charge in [-0.3, -0.25) is 0 Å². The van der Waals surface area contributed by atoms with E-state index >= 15 is 0 Å². The summed E-state index contributed by atoms with van der Waals surface area (Å²) in [6.07, 6.45) is 0.768. The molecule has 0 rings (SSSR count). The van der Waals surface area contributed by atoms with E-state index in [4.69, 9.17) is 20.7 Å². The van der Waals surface area contributed by atoms with E-state index < -0.39 is 5.84 Å². The number of rotatable bonds is 3. The van der Waals surface area contributed by atoms with E-state index in [-0.39, 0.29) is 6.10 Å². The molecule has 56 valence electrons. The summed E-state index contributed by atoms with van der Waals surface area (Å²) in [6, 6.07) is 0. The van der Waals surface area contributed by atoms with E-state index in [1.165, 1.54) is 0 Å². The molecule has 0 radical (unpaired) electrons. The van der Waals surface area contributed by atoms with Crippen LogP contribution in [0, 0.1) is 0 Å². The maximum Gasteiger partial charge on any atom is 0.279 e. The molecule has 2 nitrogen and oxygen atoms in total. The van der Waals surface area contributed by atoms with Crippen molar-refractivity contribution in [1.29, 1.82) is 0 Å². The third kappa shape index (κ3) is 6.75. The average Bonchev–Trinajstić information content (AvgIpc) is 1.62. The topological polar surface area (TPSA) is 29.5 Å². The van der Waals surface area contributed by atoms with Crippen molar-refractivity contribution in [2.24, 2.45) is 0 Å². The molecule has 0 aliphatic rings. The molecule has 2 unspecified atom stereocenters. The molecule has 0 aromatic heterocycles. The highest BCUT2D eigenvalue weighted by molar-refractivity contribution is 8.21. The fourth-order valence-electron chi connectivity index (χ4n) is 0.296. The average molecular weight is 189 g/mol. The molecular formula is C4H10ClO2PS. The van der Waals surface area contributed by atoms with Gasteiger partial charge >= 0.3 is 0 Å². The van der Waals surface area contributed by atoms with E-state index in [2.05, 4.69) is 11.8 Å². The molecule has 5 heteroatoms. The van der Waals surface area contributed by atoms with Crippen LogP contribution < -0.4 is 0 Å². The van der Waals surface area contributed by atoms with Crippen molar-refractivity contribution in [1.82, 2.24) is 0 Å². The predicted octanol–water partition coefficient (Wildman–Crippen LogP) is 2.26. The van der Waals surface area contributed by atoms with Gasteiger partial charge in [-0.15, -0.1) is 0 Å². The highest BCUT2D eigenvalue weighted by atomic mass is 35.7. The molecule has 2 atom stereocenters. The highest BCUT2D eigenvalue weighted by Gasteiger charge is 2.11. The van der Waals surface area contributed by atoms with Gasteiger partial charge in [0.25, 0.3) is 5.84 Å². The fraction of sp³-hybridized carbons (Fsp3) is 1.00. The summed E-state index contributed by atoms with van der Waals surface area (Å²) in [5.74, 6) is -2.93. The normalized spacial score (nSPS) is 20.9. The molecule has 0 saturated carbocycles. The lowest BCUT2D eigenvalue weighted by Gasteiger charge is -2.12. The molecule has 0 aliphatic carbocycles. The minimum atomic E-state index is -2.93. The predicted molar refractivity (Wildman–Crippen MR) is 43.2 cm³/mol. The largest absolute Gasteiger partial charge is 0.334 e. The Morgan fingerprint density at radius 1 is 1.89 bits per heavy atom. The summed E-state index contributed by atoms with van der Waals surface area (Å²) in [5.41, 5.74) is 0. The van der Waals surface area contributed by atoms with Crippen LogP contribution in [-0.4, -0.2) is 11.0 Å². The summed E-state index contributed by atoms with van der Waals surface area (Å²) in [5, 5.41) is 0. The smallest absolute Gasteiger partial charge is 0.279 e. The number of hydrogen-bond donors (Lipinski definition) is 1. The van der Waals surface area contributed by atoms with Crippen LogP contribution in [0.5, 0.6) is 0 Å². The fourth-order valence-corrected chi connectivity index (χ4v) is 1.74. The standard InChI is InChI=1S/C4H10ClO2PS/c1-3-4(2)7-8(5,6)9/h4H,3H2,1-2H3,(H,6,9). The van der Waals surface area contributed by atoms with Gasteiger partial charge in [-0.1, -0.05) is 6.92 Å². The first-order valence-electron chi connectivity index (χ1n) is 2.66.